The van der Waals surface area contributed by atoms with Gasteiger partial charge in [0.1, 0.15) is 0 Å². The van der Waals surface area contributed by atoms with E-state index in [0.29, 0.717) is 6.54 Å². The van der Waals surface area contributed by atoms with E-state index in [4.69, 9.17) is 0 Å². The van der Waals surface area contributed by atoms with E-state index in [-0.39, 0.29) is 12.5 Å². The van der Waals surface area contributed by atoms with Crippen LogP contribution >= 0.6 is 0 Å². The summed E-state index contributed by atoms with van der Waals surface area (Å²) in [4.78, 5) is 15.3. The van der Waals surface area contributed by atoms with Gasteiger partial charge in [-0.2, -0.15) is 13.2 Å². The van der Waals surface area contributed by atoms with Crippen LogP contribution < -0.4 is 10.6 Å². The molecule has 0 atom stereocenters. The first-order chi connectivity index (χ1) is 13.9. The van der Waals surface area contributed by atoms with Gasteiger partial charge in [-0.3, -0.25) is 10.1 Å². The molecule has 0 aliphatic rings. The van der Waals surface area contributed by atoms with E-state index in [1.54, 1.807) is 0 Å². The molecule has 0 spiro atoms. The van der Waals surface area contributed by atoms with Crippen LogP contribution in [0.1, 0.15) is 76.7 Å². The lowest BCUT2D eigenvalue weighted by Crippen LogP contribution is -2.47. The van der Waals surface area contributed by atoms with Gasteiger partial charge in [0, 0.05) is 6.54 Å². The Hall–Kier alpha value is -2.05. The Morgan fingerprint density at radius 1 is 0.897 bits per heavy atom. The number of benzene rings is 1. The van der Waals surface area contributed by atoms with E-state index < -0.39 is 12.1 Å². The second kappa shape index (κ2) is 14.9. The predicted octanol–water partition coefficient (Wildman–Crippen LogP) is 5.73. The molecule has 0 radical (unpaired) electrons. The summed E-state index contributed by atoms with van der Waals surface area (Å²) >= 11 is 0. The quantitative estimate of drug-likeness (QED) is 0.246. The normalized spacial score (nSPS) is 12.1. The molecule has 1 aromatic carbocycles. The Kier molecular flexibility index (Phi) is 12.8. The molecule has 4 nitrogen and oxygen atoms in total. The van der Waals surface area contributed by atoms with Crippen LogP contribution in [-0.4, -0.2) is 24.6 Å². The van der Waals surface area contributed by atoms with Crippen LogP contribution in [0.5, 0.6) is 0 Å². The third-order valence-corrected chi connectivity index (χ3v) is 4.57. The monoisotopic (exact) mass is 413 g/mol. The van der Waals surface area contributed by atoms with Crippen molar-refractivity contribution in [2.24, 2.45) is 4.99 Å². The number of alkyl halides is 3. The second-order valence-corrected chi connectivity index (χ2v) is 7.21. The van der Waals surface area contributed by atoms with Gasteiger partial charge >= 0.3 is 12.1 Å². The number of halogens is 3. The Morgan fingerprint density at radius 2 is 1.45 bits per heavy atom. The van der Waals surface area contributed by atoms with Crippen molar-refractivity contribution in [3.8, 4) is 0 Å². The first kappa shape index (κ1) is 25.0. The molecule has 1 amide bonds. The third kappa shape index (κ3) is 12.9. The highest BCUT2D eigenvalue weighted by molar-refractivity contribution is 5.99. The topological polar surface area (TPSA) is 53.5 Å². The van der Waals surface area contributed by atoms with Gasteiger partial charge in [0.15, 0.2) is 5.96 Å². The summed E-state index contributed by atoms with van der Waals surface area (Å²) in [5.74, 6) is -2.15. The lowest BCUT2D eigenvalue weighted by atomic mass is 10.1. The number of guanidine groups is 1. The summed E-state index contributed by atoms with van der Waals surface area (Å²) in [7, 11) is 0. The molecule has 0 saturated heterocycles. The SMILES string of the molecule is CCCCCCCCCCCCNC(=NCc1ccccc1)NC(=O)C(F)(F)F. The fraction of sp³-hybridized carbons (Fsp3) is 0.636. The lowest BCUT2D eigenvalue weighted by Gasteiger charge is -2.13. The smallest absolute Gasteiger partial charge is 0.356 e. The molecular formula is C22H34F3N3O. The van der Waals surface area contributed by atoms with Crippen molar-refractivity contribution in [2.75, 3.05) is 6.54 Å². The predicted molar refractivity (Wildman–Crippen MR) is 112 cm³/mol. The molecule has 0 bridgehead atoms. The second-order valence-electron chi connectivity index (χ2n) is 7.21. The van der Waals surface area contributed by atoms with Crippen LogP contribution in [0.2, 0.25) is 0 Å². The Morgan fingerprint density at radius 3 is 2.00 bits per heavy atom. The van der Waals surface area contributed by atoms with Gasteiger partial charge in [-0.05, 0) is 12.0 Å². The summed E-state index contributed by atoms with van der Waals surface area (Å²) in [5.41, 5.74) is 0.854. The van der Waals surface area contributed by atoms with Crippen molar-refractivity contribution in [2.45, 2.75) is 83.9 Å². The van der Waals surface area contributed by atoms with Crippen molar-refractivity contribution in [1.82, 2.24) is 10.6 Å². The molecule has 29 heavy (non-hydrogen) atoms. The number of hydrogen-bond donors (Lipinski definition) is 2. The highest BCUT2D eigenvalue weighted by Crippen LogP contribution is 2.14. The summed E-state index contributed by atoms with van der Waals surface area (Å²) in [5, 5.41) is 4.67. The van der Waals surface area contributed by atoms with Gasteiger partial charge in [0.2, 0.25) is 0 Å². The molecule has 0 heterocycles. The molecular weight excluding hydrogens is 379 g/mol. The van der Waals surface area contributed by atoms with Crippen molar-refractivity contribution >= 4 is 11.9 Å². The first-order valence-corrected chi connectivity index (χ1v) is 10.6. The van der Waals surface area contributed by atoms with Crippen molar-refractivity contribution in [3.63, 3.8) is 0 Å². The van der Waals surface area contributed by atoms with Crippen LogP contribution in [0.15, 0.2) is 35.3 Å². The van der Waals surface area contributed by atoms with Crippen LogP contribution in [0.25, 0.3) is 0 Å². The average molecular weight is 414 g/mol. The number of nitrogens with one attached hydrogen (secondary N) is 2. The van der Waals surface area contributed by atoms with E-state index in [9.17, 15) is 18.0 Å². The largest absolute Gasteiger partial charge is 0.471 e. The first-order valence-electron chi connectivity index (χ1n) is 10.6. The number of amides is 1. The molecule has 1 aromatic rings. The zero-order valence-electron chi connectivity index (χ0n) is 17.4. The number of unbranched alkanes of at least 4 members (excludes halogenated alkanes) is 9. The lowest BCUT2D eigenvalue weighted by molar-refractivity contribution is -0.171. The minimum atomic E-state index is -4.94. The van der Waals surface area contributed by atoms with Crippen LogP contribution in [-0.2, 0) is 11.3 Å². The summed E-state index contributed by atoms with van der Waals surface area (Å²) in [6, 6.07) is 9.17. The van der Waals surface area contributed by atoms with Gasteiger partial charge in [-0.15, -0.1) is 0 Å². The molecule has 0 aliphatic heterocycles. The van der Waals surface area contributed by atoms with Gasteiger partial charge < -0.3 is 5.32 Å². The number of aliphatic imine (C=N–C) groups is 1. The standard InChI is InChI=1S/C22H34F3N3O/c1-2-3-4-5-6-7-8-9-10-14-17-26-21(28-20(29)22(23,24)25)27-18-19-15-12-11-13-16-19/h11-13,15-16H,2-10,14,17-18H2,1H3,(H2,26,27,28,29). The Labute approximate surface area is 172 Å². The van der Waals surface area contributed by atoms with E-state index in [2.05, 4.69) is 17.2 Å². The van der Waals surface area contributed by atoms with E-state index in [0.717, 1.165) is 24.8 Å². The van der Waals surface area contributed by atoms with Crippen LogP contribution in [0.4, 0.5) is 13.2 Å². The van der Waals surface area contributed by atoms with Crippen molar-refractivity contribution in [3.05, 3.63) is 35.9 Å². The molecule has 7 heteroatoms. The molecule has 0 saturated carbocycles. The maximum absolute atomic E-state index is 12.5. The zero-order chi connectivity index (χ0) is 21.4. The van der Waals surface area contributed by atoms with Gasteiger partial charge in [-0.1, -0.05) is 95.0 Å². The molecule has 2 N–H and O–H groups in total. The third-order valence-electron chi connectivity index (χ3n) is 4.57. The van der Waals surface area contributed by atoms with E-state index >= 15 is 0 Å². The maximum Gasteiger partial charge on any atom is 0.471 e. The minimum absolute atomic E-state index is 0.132. The summed E-state index contributed by atoms with van der Waals surface area (Å²) < 4.78 is 37.6. The molecule has 164 valence electrons. The summed E-state index contributed by atoms with van der Waals surface area (Å²) in [6.07, 6.45) is 6.88. The molecule has 0 fully saturated rings. The minimum Gasteiger partial charge on any atom is -0.356 e. The molecule has 0 aliphatic carbocycles. The maximum atomic E-state index is 12.5. The number of carbonyl (C=O) groups is 1. The molecule has 0 aromatic heterocycles. The molecule has 1 rings (SSSR count). The fourth-order valence-electron chi connectivity index (χ4n) is 2.89. The highest BCUT2D eigenvalue weighted by Gasteiger charge is 2.39. The Bertz CT molecular complexity index is 589. The van der Waals surface area contributed by atoms with Gasteiger partial charge in [-0.25, -0.2) is 4.99 Å². The van der Waals surface area contributed by atoms with Crippen LogP contribution in [0, 0.1) is 0 Å². The van der Waals surface area contributed by atoms with Crippen LogP contribution in [0.3, 0.4) is 0 Å². The van der Waals surface area contributed by atoms with E-state index in [1.807, 2.05) is 35.6 Å². The highest BCUT2D eigenvalue weighted by atomic mass is 19.4. The fourth-order valence-corrected chi connectivity index (χ4v) is 2.89. The van der Waals surface area contributed by atoms with Crippen molar-refractivity contribution < 1.29 is 18.0 Å². The summed E-state index contributed by atoms with van der Waals surface area (Å²) in [6.45, 7) is 2.88. The number of carbonyl (C=O) groups excluding carboxylic acids is 1. The number of rotatable bonds is 13. The Balaban J connectivity index is 2.31. The van der Waals surface area contributed by atoms with Crippen molar-refractivity contribution in [1.29, 1.82) is 0 Å². The average Bonchev–Trinajstić information content (AvgIpc) is 2.70. The number of nitrogens with zero attached hydrogens (tertiary/aromatic N) is 1. The van der Waals surface area contributed by atoms with Gasteiger partial charge in [0.25, 0.3) is 0 Å². The van der Waals surface area contributed by atoms with E-state index in [1.165, 1.54) is 44.9 Å². The van der Waals surface area contributed by atoms with Gasteiger partial charge in [0.05, 0.1) is 6.54 Å². The zero-order valence-corrected chi connectivity index (χ0v) is 17.4. The number of hydrogen-bond acceptors (Lipinski definition) is 2. The molecule has 0 unspecified atom stereocenters.